The van der Waals surface area contributed by atoms with Gasteiger partial charge >= 0.3 is 0 Å². The monoisotopic (exact) mass is 294 g/mol. The third-order valence-electron chi connectivity index (χ3n) is 3.22. The number of aryl methyl sites for hydroxylation is 1. The lowest BCUT2D eigenvalue weighted by Crippen LogP contribution is -2.00. The second-order valence-electron chi connectivity index (χ2n) is 4.47. The van der Waals surface area contributed by atoms with Crippen molar-refractivity contribution in [2.45, 2.75) is 12.3 Å². The normalized spacial score (nSPS) is 12.1. The number of benzene rings is 2. The van der Waals surface area contributed by atoms with E-state index in [1.54, 1.807) is 26.4 Å². The van der Waals surface area contributed by atoms with Gasteiger partial charge in [-0.3, -0.25) is 0 Å². The summed E-state index contributed by atoms with van der Waals surface area (Å²) in [5.74, 6) is 1.08. The lowest BCUT2D eigenvalue weighted by Gasteiger charge is -2.17. The van der Waals surface area contributed by atoms with E-state index in [4.69, 9.17) is 21.1 Å². The minimum absolute atomic E-state index is 0.267. The van der Waals surface area contributed by atoms with Crippen LogP contribution in [0.2, 0.25) is 0 Å². The summed E-state index contributed by atoms with van der Waals surface area (Å²) in [4.78, 5) is 0. The fourth-order valence-electron chi connectivity index (χ4n) is 2.12. The Bertz CT molecular complexity index is 613. The van der Waals surface area contributed by atoms with Crippen molar-refractivity contribution in [3.05, 3.63) is 58.9 Å². The van der Waals surface area contributed by atoms with Crippen molar-refractivity contribution in [3.8, 4) is 11.5 Å². The van der Waals surface area contributed by atoms with Crippen LogP contribution >= 0.6 is 11.6 Å². The first-order chi connectivity index (χ1) is 9.56. The van der Waals surface area contributed by atoms with E-state index in [-0.39, 0.29) is 5.82 Å². The van der Waals surface area contributed by atoms with Gasteiger partial charge in [-0.2, -0.15) is 0 Å². The van der Waals surface area contributed by atoms with E-state index >= 15 is 0 Å². The van der Waals surface area contributed by atoms with Crippen molar-refractivity contribution in [2.24, 2.45) is 0 Å². The molecule has 0 aliphatic heterocycles. The second kappa shape index (κ2) is 6.14. The van der Waals surface area contributed by atoms with Crippen molar-refractivity contribution in [1.29, 1.82) is 0 Å². The van der Waals surface area contributed by atoms with Crippen LogP contribution in [0.5, 0.6) is 11.5 Å². The Hall–Kier alpha value is -1.74. The second-order valence-corrected chi connectivity index (χ2v) is 4.91. The van der Waals surface area contributed by atoms with E-state index in [0.29, 0.717) is 11.5 Å². The summed E-state index contributed by atoms with van der Waals surface area (Å²) in [6.07, 6.45) is 0. The average Bonchev–Trinajstić information content (AvgIpc) is 2.46. The summed E-state index contributed by atoms with van der Waals surface area (Å²) in [5, 5.41) is -0.406. The molecule has 0 heterocycles. The molecular weight excluding hydrogens is 279 g/mol. The van der Waals surface area contributed by atoms with E-state index in [0.717, 1.165) is 16.7 Å². The molecule has 1 atom stereocenters. The van der Waals surface area contributed by atoms with Gasteiger partial charge in [0.2, 0.25) is 0 Å². The number of rotatable bonds is 4. The molecule has 20 heavy (non-hydrogen) atoms. The van der Waals surface area contributed by atoms with Gasteiger partial charge in [-0.25, -0.2) is 4.39 Å². The summed E-state index contributed by atoms with van der Waals surface area (Å²) in [6, 6.07) is 10.0. The highest BCUT2D eigenvalue weighted by Gasteiger charge is 2.18. The van der Waals surface area contributed by atoms with Crippen LogP contribution in [0.4, 0.5) is 4.39 Å². The van der Waals surface area contributed by atoms with Gasteiger partial charge in [0.15, 0.2) is 0 Å². The van der Waals surface area contributed by atoms with Gasteiger partial charge in [0.05, 0.1) is 19.6 Å². The summed E-state index contributed by atoms with van der Waals surface area (Å²) < 4.78 is 23.7. The lowest BCUT2D eigenvalue weighted by atomic mass is 9.99. The van der Waals surface area contributed by atoms with Crippen molar-refractivity contribution >= 4 is 11.6 Å². The van der Waals surface area contributed by atoms with Crippen molar-refractivity contribution in [2.75, 3.05) is 14.2 Å². The minimum atomic E-state index is -0.406. The van der Waals surface area contributed by atoms with Gasteiger partial charge in [-0.15, -0.1) is 11.6 Å². The molecule has 0 amide bonds. The highest BCUT2D eigenvalue weighted by Crippen LogP contribution is 2.38. The Kier molecular flexibility index (Phi) is 4.50. The van der Waals surface area contributed by atoms with Gasteiger partial charge in [0, 0.05) is 11.6 Å². The molecule has 2 aromatic carbocycles. The molecule has 4 heteroatoms. The van der Waals surface area contributed by atoms with E-state index < -0.39 is 5.38 Å². The topological polar surface area (TPSA) is 18.5 Å². The van der Waals surface area contributed by atoms with Crippen molar-refractivity contribution in [1.82, 2.24) is 0 Å². The molecule has 2 rings (SSSR count). The first kappa shape index (κ1) is 14.7. The van der Waals surface area contributed by atoms with Crippen molar-refractivity contribution in [3.63, 3.8) is 0 Å². The Labute approximate surface area is 123 Å². The number of hydrogen-bond acceptors (Lipinski definition) is 2. The molecule has 1 unspecified atom stereocenters. The van der Waals surface area contributed by atoms with Gasteiger partial charge < -0.3 is 9.47 Å². The molecule has 0 bridgehead atoms. The van der Waals surface area contributed by atoms with Crippen LogP contribution in [-0.2, 0) is 0 Å². The number of alkyl halides is 1. The predicted octanol–water partition coefficient (Wildman–Crippen LogP) is 4.48. The molecule has 0 aliphatic carbocycles. The van der Waals surface area contributed by atoms with Crippen LogP contribution in [0, 0.1) is 12.7 Å². The molecule has 2 aromatic rings. The third kappa shape index (κ3) is 2.88. The molecule has 0 radical (unpaired) electrons. The predicted molar refractivity (Wildman–Crippen MR) is 78.4 cm³/mol. The van der Waals surface area contributed by atoms with E-state index in [2.05, 4.69) is 0 Å². The van der Waals surface area contributed by atoms with Gasteiger partial charge in [-0.1, -0.05) is 6.07 Å². The summed E-state index contributed by atoms with van der Waals surface area (Å²) in [6.45, 7) is 1.84. The van der Waals surface area contributed by atoms with Gasteiger partial charge in [0.1, 0.15) is 17.3 Å². The molecule has 0 fully saturated rings. The first-order valence-corrected chi connectivity index (χ1v) is 6.62. The zero-order chi connectivity index (χ0) is 14.7. The molecule has 0 saturated heterocycles. The molecule has 0 aliphatic rings. The summed E-state index contributed by atoms with van der Waals surface area (Å²) in [5.41, 5.74) is 2.49. The van der Waals surface area contributed by atoms with Gasteiger partial charge in [-0.05, 0) is 42.3 Å². The quantitative estimate of drug-likeness (QED) is 0.774. The number of methoxy groups -OCH3 is 2. The maximum Gasteiger partial charge on any atom is 0.127 e. The molecule has 106 valence electrons. The average molecular weight is 295 g/mol. The summed E-state index contributed by atoms with van der Waals surface area (Å²) in [7, 11) is 3.18. The standard InChI is InChI=1S/C16H16ClFO2/c1-10-8-11(18)4-6-13(10)16(17)14-7-5-12(19-2)9-15(14)20-3/h4-9,16H,1-3H3. The lowest BCUT2D eigenvalue weighted by molar-refractivity contribution is 0.391. The Morgan fingerprint density at radius 3 is 2.30 bits per heavy atom. The van der Waals surface area contributed by atoms with Crippen LogP contribution in [0.1, 0.15) is 22.1 Å². The maximum absolute atomic E-state index is 13.2. The largest absolute Gasteiger partial charge is 0.497 e. The highest BCUT2D eigenvalue weighted by molar-refractivity contribution is 6.23. The van der Waals surface area contributed by atoms with E-state index in [9.17, 15) is 4.39 Å². The molecule has 2 nitrogen and oxygen atoms in total. The van der Waals surface area contributed by atoms with Crippen molar-refractivity contribution < 1.29 is 13.9 Å². The fraction of sp³-hybridized carbons (Fsp3) is 0.250. The van der Waals surface area contributed by atoms with E-state index in [1.807, 2.05) is 19.1 Å². The van der Waals surface area contributed by atoms with Gasteiger partial charge in [0.25, 0.3) is 0 Å². The van der Waals surface area contributed by atoms with Crippen LogP contribution in [0.15, 0.2) is 36.4 Å². The first-order valence-electron chi connectivity index (χ1n) is 6.19. The third-order valence-corrected chi connectivity index (χ3v) is 3.69. The molecule has 0 saturated carbocycles. The zero-order valence-electron chi connectivity index (χ0n) is 11.6. The highest BCUT2D eigenvalue weighted by atomic mass is 35.5. The SMILES string of the molecule is COc1ccc(C(Cl)c2ccc(F)cc2C)c(OC)c1. The van der Waals surface area contributed by atoms with Crippen LogP contribution in [-0.4, -0.2) is 14.2 Å². The molecule has 0 spiro atoms. The number of halogens is 2. The number of ether oxygens (including phenoxy) is 2. The van der Waals surface area contributed by atoms with Crippen LogP contribution in [0.25, 0.3) is 0 Å². The molecule has 0 aromatic heterocycles. The Morgan fingerprint density at radius 2 is 1.70 bits per heavy atom. The van der Waals surface area contributed by atoms with Crippen LogP contribution < -0.4 is 9.47 Å². The fourth-order valence-corrected chi connectivity index (χ4v) is 2.54. The maximum atomic E-state index is 13.2. The van der Waals surface area contributed by atoms with Crippen LogP contribution in [0.3, 0.4) is 0 Å². The zero-order valence-corrected chi connectivity index (χ0v) is 12.4. The molecule has 0 N–H and O–H groups in total. The number of hydrogen-bond donors (Lipinski definition) is 0. The van der Waals surface area contributed by atoms with E-state index in [1.165, 1.54) is 12.1 Å². The Balaban J connectivity index is 2.44. The smallest absolute Gasteiger partial charge is 0.127 e. The Morgan fingerprint density at radius 1 is 1.00 bits per heavy atom. The minimum Gasteiger partial charge on any atom is -0.497 e. The summed E-state index contributed by atoms with van der Waals surface area (Å²) >= 11 is 6.53. The molecular formula is C16H16ClFO2.